The van der Waals surface area contributed by atoms with Crippen molar-refractivity contribution in [2.24, 2.45) is 0 Å². The largest absolute Gasteiger partial charge is 1.00 e. The zero-order valence-electron chi connectivity index (χ0n) is 15.6. The van der Waals surface area contributed by atoms with Gasteiger partial charge in [-0.05, 0) is 49.7 Å². The fraction of sp³-hybridized carbons (Fsp3) is 0.300. The summed E-state index contributed by atoms with van der Waals surface area (Å²) in [6.07, 6.45) is 3.24. The summed E-state index contributed by atoms with van der Waals surface area (Å²) in [6, 6.07) is 19.7. The maximum absolute atomic E-state index is 10.1. The van der Waals surface area contributed by atoms with Gasteiger partial charge >= 0.3 is 59.1 Å². The van der Waals surface area contributed by atoms with E-state index in [1.807, 2.05) is 60.7 Å². The van der Waals surface area contributed by atoms with Crippen molar-refractivity contribution < 1.29 is 78.9 Å². The first kappa shape index (κ1) is 27.6. The molecule has 2 aromatic carbocycles. The van der Waals surface area contributed by atoms with Gasteiger partial charge in [0, 0.05) is 11.9 Å². The van der Waals surface area contributed by atoms with Gasteiger partial charge in [0.05, 0.1) is 0 Å². The van der Waals surface area contributed by atoms with Gasteiger partial charge in [-0.2, -0.15) is 0 Å². The number of carbonyl (C=O) groups is 2. The van der Waals surface area contributed by atoms with Crippen LogP contribution in [0.1, 0.15) is 36.8 Å². The molecule has 0 N–H and O–H groups in total. The molecule has 128 valence electrons. The number of rotatable bonds is 8. The van der Waals surface area contributed by atoms with Crippen molar-refractivity contribution in [2.75, 3.05) is 0 Å². The summed E-state index contributed by atoms with van der Waals surface area (Å²) in [5.74, 6) is -1.93. The fourth-order valence-corrected chi connectivity index (χ4v) is 2.16. The quantitative estimate of drug-likeness (QED) is 0.438. The maximum atomic E-state index is 10.1. The summed E-state index contributed by atoms with van der Waals surface area (Å²) in [5, 5.41) is 20.2. The maximum Gasteiger partial charge on any atom is 1.00 e. The molecule has 2 aromatic rings. The minimum atomic E-state index is -0.967. The summed E-state index contributed by atoms with van der Waals surface area (Å²) < 4.78 is 0. The first-order chi connectivity index (χ1) is 11.6. The molecular formula is C20H22Na2O4. The van der Waals surface area contributed by atoms with Gasteiger partial charge in [0.15, 0.2) is 0 Å². The number of aliphatic carboxylic acids is 2. The van der Waals surface area contributed by atoms with E-state index in [1.165, 1.54) is 11.1 Å². The molecule has 0 unspecified atom stereocenters. The summed E-state index contributed by atoms with van der Waals surface area (Å²) in [4.78, 5) is 20.2. The molecule has 0 aliphatic carbocycles. The zero-order chi connectivity index (χ0) is 17.6. The molecule has 0 bridgehead atoms. The fourth-order valence-electron chi connectivity index (χ4n) is 2.16. The average molecular weight is 372 g/mol. The molecule has 0 radical (unpaired) electrons. The van der Waals surface area contributed by atoms with E-state index < -0.39 is 11.9 Å². The molecule has 0 spiro atoms. The molecule has 0 atom stereocenters. The van der Waals surface area contributed by atoms with Crippen LogP contribution in [0.3, 0.4) is 0 Å². The summed E-state index contributed by atoms with van der Waals surface area (Å²) in [7, 11) is 0. The average Bonchev–Trinajstić information content (AvgIpc) is 2.57. The second-order valence-corrected chi connectivity index (χ2v) is 5.42. The van der Waals surface area contributed by atoms with Crippen LogP contribution >= 0.6 is 0 Å². The second-order valence-electron chi connectivity index (χ2n) is 5.42. The Morgan fingerprint density at radius 3 is 1.19 bits per heavy atom. The van der Waals surface area contributed by atoms with E-state index in [0.717, 1.165) is 12.8 Å². The number of carbonyl (C=O) groups excluding carboxylic acids is 2. The van der Waals surface area contributed by atoms with Gasteiger partial charge in [-0.15, -0.1) is 0 Å². The van der Waals surface area contributed by atoms with Crippen molar-refractivity contribution >= 4 is 11.9 Å². The molecule has 0 saturated carbocycles. The van der Waals surface area contributed by atoms with Crippen molar-refractivity contribution in [3.63, 3.8) is 0 Å². The van der Waals surface area contributed by atoms with Crippen molar-refractivity contribution in [1.29, 1.82) is 0 Å². The molecule has 2 rings (SSSR count). The van der Waals surface area contributed by atoms with E-state index in [4.69, 9.17) is 0 Å². The molecule has 0 heterocycles. The minimum absolute atomic E-state index is 0. The summed E-state index contributed by atoms with van der Waals surface area (Å²) >= 11 is 0. The van der Waals surface area contributed by atoms with Crippen molar-refractivity contribution in [3.8, 4) is 0 Å². The van der Waals surface area contributed by atoms with Crippen molar-refractivity contribution in [2.45, 2.75) is 38.5 Å². The Bertz CT molecular complexity index is 548. The molecule has 4 nitrogen and oxygen atoms in total. The Labute approximate surface area is 199 Å². The minimum Gasteiger partial charge on any atom is -0.550 e. The van der Waals surface area contributed by atoms with Gasteiger partial charge in [-0.1, -0.05) is 60.7 Å². The number of hydrogen-bond donors (Lipinski definition) is 0. The molecule has 0 aromatic heterocycles. The predicted molar refractivity (Wildman–Crippen MR) is 88.8 cm³/mol. The van der Waals surface area contributed by atoms with Crippen LogP contribution in [-0.2, 0) is 22.4 Å². The summed E-state index contributed by atoms with van der Waals surface area (Å²) in [6.45, 7) is 0. The van der Waals surface area contributed by atoms with Gasteiger partial charge in [0.2, 0.25) is 0 Å². The Balaban J connectivity index is 0. The molecule has 26 heavy (non-hydrogen) atoms. The SMILES string of the molecule is O=C([O-])CCCc1ccccc1.O=C([O-])CCCc1ccccc1.[Na+].[Na+]. The Morgan fingerprint density at radius 2 is 0.923 bits per heavy atom. The van der Waals surface area contributed by atoms with Gasteiger partial charge in [-0.25, -0.2) is 0 Å². The van der Waals surface area contributed by atoms with E-state index in [0.29, 0.717) is 12.8 Å². The third-order valence-corrected chi connectivity index (χ3v) is 3.38. The van der Waals surface area contributed by atoms with Crippen LogP contribution in [-0.4, -0.2) is 11.9 Å². The summed E-state index contributed by atoms with van der Waals surface area (Å²) in [5.41, 5.74) is 2.36. The van der Waals surface area contributed by atoms with Crippen LogP contribution in [0.4, 0.5) is 0 Å². The first-order valence-electron chi connectivity index (χ1n) is 8.05. The molecule has 0 aliphatic rings. The topological polar surface area (TPSA) is 80.3 Å². The first-order valence-corrected chi connectivity index (χ1v) is 8.05. The van der Waals surface area contributed by atoms with Crippen LogP contribution in [0.5, 0.6) is 0 Å². The molecular weight excluding hydrogens is 350 g/mol. The zero-order valence-corrected chi connectivity index (χ0v) is 19.6. The Kier molecular flexibility index (Phi) is 18.9. The smallest absolute Gasteiger partial charge is 0.550 e. The van der Waals surface area contributed by atoms with Gasteiger partial charge in [0.25, 0.3) is 0 Å². The molecule has 6 heteroatoms. The van der Waals surface area contributed by atoms with E-state index >= 15 is 0 Å². The third kappa shape index (κ3) is 15.6. The Morgan fingerprint density at radius 1 is 0.615 bits per heavy atom. The standard InChI is InChI=1S/2C10H12O2.2Na/c2*11-10(12)8-4-7-9-5-2-1-3-6-9;;/h2*1-3,5-6H,4,7-8H2,(H,11,12);;/q;;2*+1/p-2. The number of carboxylic acid groups (broad SMARTS) is 2. The van der Waals surface area contributed by atoms with Gasteiger partial charge in [-0.3, -0.25) is 0 Å². The van der Waals surface area contributed by atoms with E-state index in [1.54, 1.807) is 0 Å². The van der Waals surface area contributed by atoms with Crippen LogP contribution in [0, 0.1) is 0 Å². The predicted octanol–water partition coefficient (Wildman–Crippen LogP) is -4.47. The monoisotopic (exact) mass is 372 g/mol. The third-order valence-electron chi connectivity index (χ3n) is 3.38. The Hall–Kier alpha value is -0.620. The number of hydrogen-bond acceptors (Lipinski definition) is 4. The molecule has 0 fully saturated rings. The van der Waals surface area contributed by atoms with Crippen molar-refractivity contribution in [3.05, 3.63) is 71.8 Å². The number of benzene rings is 2. The van der Waals surface area contributed by atoms with Gasteiger partial charge < -0.3 is 19.8 Å². The molecule has 0 aliphatic heterocycles. The van der Waals surface area contributed by atoms with Crippen LogP contribution in [0.2, 0.25) is 0 Å². The van der Waals surface area contributed by atoms with Crippen molar-refractivity contribution in [1.82, 2.24) is 0 Å². The van der Waals surface area contributed by atoms with E-state index in [9.17, 15) is 19.8 Å². The van der Waals surface area contributed by atoms with E-state index in [-0.39, 0.29) is 72.0 Å². The van der Waals surface area contributed by atoms with Crippen LogP contribution < -0.4 is 69.3 Å². The molecule has 0 amide bonds. The van der Waals surface area contributed by atoms with Crippen LogP contribution in [0.25, 0.3) is 0 Å². The second kappa shape index (κ2) is 17.8. The van der Waals surface area contributed by atoms with E-state index in [2.05, 4.69) is 0 Å². The number of aryl methyl sites for hydroxylation is 2. The van der Waals surface area contributed by atoms with Gasteiger partial charge in [0.1, 0.15) is 0 Å². The van der Waals surface area contributed by atoms with Crippen LogP contribution in [0.15, 0.2) is 60.7 Å². The molecule has 0 saturated heterocycles. The number of carboxylic acids is 2. The normalized spacial score (nSPS) is 8.92.